The molecule has 149 valence electrons. The standard InChI is InChI=1S/C20H41P2.2CH3.Ti/c1-5-9-13-21-18-15-19(22-14-10-6-2)17-20(16-18,11-7-3)12-8-4;;;/h18,21-22H,5-17H2,1-4H3;2*1H3;/q3*-1;+3. The Hall–Kier alpha value is 1.57. The van der Waals surface area contributed by atoms with Gasteiger partial charge in [0.05, 0.1) is 0 Å². The number of hydrogen-bond acceptors (Lipinski definition) is 0. The molecule has 1 rings (SSSR count). The summed E-state index contributed by atoms with van der Waals surface area (Å²) in [6.45, 7) is 9.48. The van der Waals surface area contributed by atoms with E-state index in [0.717, 1.165) is 5.66 Å². The molecule has 0 spiro atoms. The van der Waals surface area contributed by atoms with Crippen molar-refractivity contribution in [2.45, 2.75) is 104 Å². The molecule has 0 aromatic rings. The van der Waals surface area contributed by atoms with Crippen LogP contribution >= 0.6 is 17.2 Å². The predicted molar refractivity (Wildman–Crippen MR) is 122 cm³/mol. The fourth-order valence-corrected chi connectivity index (χ4v) is 8.17. The van der Waals surface area contributed by atoms with Crippen LogP contribution in [0.15, 0.2) is 0 Å². The zero-order valence-corrected chi connectivity index (χ0v) is 21.8. The molecular weight excluding hydrogens is 374 g/mol. The van der Waals surface area contributed by atoms with Crippen LogP contribution in [0.2, 0.25) is 0 Å². The number of rotatable bonds is 12. The van der Waals surface area contributed by atoms with Gasteiger partial charge in [0.15, 0.2) is 0 Å². The second-order valence-corrected chi connectivity index (χ2v) is 10.8. The summed E-state index contributed by atoms with van der Waals surface area (Å²) in [4.78, 5) is 0. The van der Waals surface area contributed by atoms with Crippen molar-refractivity contribution in [3.05, 3.63) is 20.5 Å². The van der Waals surface area contributed by atoms with Gasteiger partial charge in [-0.1, -0.05) is 84.2 Å². The molecular formula is C22H47P2Ti. The van der Waals surface area contributed by atoms with Gasteiger partial charge in [-0.25, -0.2) is 0 Å². The normalized spacial score (nSPS) is 20.4. The Bertz CT molecular complexity index is 245. The van der Waals surface area contributed by atoms with Crippen molar-refractivity contribution in [2.24, 2.45) is 5.41 Å². The van der Waals surface area contributed by atoms with E-state index in [1.807, 2.05) is 5.66 Å². The van der Waals surface area contributed by atoms with Crippen LogP contribution in [-0.2, 0) is 21.7 Å². The van der Waals surface area contributed by atoms with Crippen molar-refractivity contribution in [3.8, 4) is 0 Å². The Balaban J connectivity index is -0.00000161. The van der Waals surface area contributed by atoms with Crippen LogP contribution in [0.25, 0.3) is 0 Å². The van der Waals surface area contributed by atoms with E-state index < -0.39 is 0 Å². The molecule has 25 heavy (non-hydrogen) atoms. The minimum atomic E-state index is 0. The number of hydrogen-bond donors (Lipinski definition) is 0. The molecule has 3 atom stereocenters. The molecule has 0 nitrogen and oxygen atoms in total. The third-order valence-corrected chi connectivity index (χ3v) is 8.30. The summed E-state index contributed by atoms with van der Waals surface area (Å²) in [5.74, 6) is 0. The fourth-order valence-electron chi connectivity index (χ4n) is 4.26. The van der Waals surface area contributed by atoms with E-state index in [1.165, 1.54) is 93.7 Å². The fraction of sp³-hybridized carbons (Fsp3) is 0.864. The van der Waals surface area contributed by atoms with Gasteiger partial charge in [-0.05, 0) is 24.7 Å². The summed E-state index contributed by atoms with van der Waals surface area (Å²) in [5.41, 5.74) is 3.72. The molecule has 0 aliphatic heterocycles. The van der Waals surface area contributed by atoms with Crippen molar-refractivity contribution >= 4 is 17.2 Å². The van der Waals surface area contributed by atoms with E-state index in [-0.39, 0.29) is 36.6 Å². The Morgan fingerprint density at radius 1 is 0.880 bits per heavy atom. The summed E-state index contributed by atoms with van der Waals surface area (Å²) in [6, 6.07) is 0. The topological polar surface area (TPSA) is 0 Å². The van der Waals surface area contributed by atoms with Crippen molar-refractivity contribution in [3.63, 3.8) is 0 Å². The number of unbranched alkanes of at least 4 members (excludes halogenated alkanes) is 2. The van der Waals surface area contributed by atoms with Crippen LogP contribution in [0, 0.1) is 25.9 Å². The van der Waals surface area contributed by atoms with E-state index in [0.29, 0.717) is 5.41 Å². The third kappa shape index (κ3) is 12.6. The van der Waals surface area contributed by atoms with Crippen molar-refractivity contribution in [2.75, 3.05) is 12.3 Å². The van der Waals surface area contributed by atoms with Crippen LogP contribution in [-0.4, -0.2) is 18.0 Å². The summed E-state index contributed by atoms with van der Waals surface area (Å²) in [5, 5.41) is 0. The Kier molecular flexibility index (Phi) is 23.7. The Labute approximate surface area is 180 Å². The Morgan fingerprint density at radius 3 is 1.96 bits per heavy atom. The zero-order chi connectivity index (χ0) is 16.3. The van der Waals surface area contributed by atoms with Gasteiger partial charge >= 0.3 is 21.7 Å². The van der Waals surface area contributed by atoms with Crippen molar-refractivity contribution in [1.29, 1.82) is 0 Å². The van der Waals surface area contributed by atoms with E-state index >= 15 is 0 Å². The van der Waals surface area contributed by atoms with Gasteiger partial charge in [0.1, 0.15) is 0 Å². The summed E-state index contributed by atoms with van der Waals surface area (Å²) < 4.78 is 0. The van der Waals surface area contributed by atoms with Gasteiger partial charge in [-0.2, -0.15) is 12.8 Å². The summed E-state index contributed by atoms with van der Waals surface area (Å²) >= 11 is 0. The van der Waals surface area contributed by atoms with Gasteiger partial charge in [0.25, 0.3) is 0 Å². The van der Waals surface area contributed by atoms with Gasteiger partial charge in [-0.15, -0.1) is 8.58 Å². The molecule has 1 aliphatic carbocycles. The molecule has 3 heteroatoms. The Morgan fingerprint density at radius 2 is 1.44 bits per heavy atom. The average molecular weight is 421 g/mol. The molecule has 0 saturated heterocycles. The molecule has 1 radical (unpaired) electrons. The second-order valence-electron chi connectivity index (χ2n) is 7.47. The van der Waals surface area contributed by atoms with Crippen molar-refractivity contribution in [1.82, 2.24) is 0 Å². The van der Waals surface area contributed by atoms with Crippen LogP contribution in [0.5, 0.6) is 0 Å². The van der Waals surface area contributed by atoms with Gasteiger partial charge in [0, 0.05) is 0 Å². The smallest absolute Gasteiger partial charge is 0.358 e. The molecule has 0 aromatic carbocycles. The molecule has 1 saturated carbocycles. The zero-order valence-electron chi connectivity index (χ0n) is 18.3. The quantitative estimate of drug-likeness (QED) is 0.128. The van der Waals surface area contributed by atoms with Crippen LogP contribution in [0.1, 0.15) is 98.3 Å². The van der Waals surface area contributed by atoms with Crippen LogP contribution in [0.4, 0.5) is 0 Å². The van der Waals surface area contributed by atoms with Crippen LogP contribution in [0.3, 0.4) is 0 Å². The molecule has 0 aromatic heterocycles. The van der Waals surface area contributed by atoms with Crippen LogP contribution < -0.4 is 0 Å². The van der Waals surface area contributed by atoms with Crippen molar-refractivity contribution < 1.29 is 21.7 Å². The van der Waals surface area contributed by atoms with E-state index in [9.17, 15) is 0 Å². The molecule has 0 bridgehead atoms. The first kappa shape index (κ1) is 31.3. The molecule has 1 aliphatic rings. The van der Waals surface area contributed by atoms with Gasteiger partial charge in [-0.3, -0.25) is 14.2 Å². The minimum absolute atomic E-state index is 0. The largest absolute Gasteiger partial charge is 3.00 e. The van der Waals surface area contributed by atoms with Gasteiger partial charge < -0.3 is 14.9 Å². The molecule has 3 unspecified atom stereocenters. The van der Waals surface area contributed by atoms with E-state index in [1.54, 1.807) is 6.42 Å². The monoisotopic (exact) mass is 421 g/mol. The first-order valence-electron chi connectivity index (χ1n) is 10.0. The van der Waals surface area contributed by atoms with Gasteiger partial charge in [0.2, 0.25) is 0 Å². The van der Waals surface area contributed by atoms with E-state index in [2.05, 4.69) is 27.7 Å². The maximum absolute atomic E-state index is 2.40. The maximum atomic E-state index is 2.40. The SMILES string of the molecule is CCCCP[C-]1CC(PCCCC)CC(CCC)(CCC)C1.[CH3-].[CH3-].[Ti+3]. The molecule has 0 amide bonds. The summed E-state index contributed by atoms with van der Waals surface area (Å²) in [7, 11) is 2.42. The first-order chi connectivity index (χ1) is 10.7. The second kappa shape index (κ2) is 18.9. The predicted octanol–water partition coefficient (Wildman–Crippen LogP) is 8.51. The third-order valence-electron chi connectivity index (χ3n) is 5.19. The molecule has 1 fully saturated rings. The molecule has 0 N–H and O–H groups in total. The minimum Gasteiger partial charge on any atom is -0.358 e. The molecule has 0 heterocycles. The average Bonchev–Trinajstić information content (AvgIpc) is 2.48. The first-order valence-corrected chi connectivity index (χ1v) is 12.5. The van der Waals surface area contributed by atoms with E-state index in [4.69, 9.17) is 0 Å². The summed E-state index contributed by atoms with van der Waals surface area (Å²) in [6.07, 6.45) is 18.9. The maximum Gasteiger partial charge on any atom is 3.00 e.